The van der Waals surface area contributed by atoms with Gasteiger partial charge in [-0.25, -0.2) is 4.79 Å². The first-order chi connectivity index (χ1) is 10.8. The lowest BCUT2D eigenvalue weighted by atomic mass is 10.1. The first-order valence-electron chi connectivity index (χ1n) is 7.23. The Kier molecular flexibility index (Phi) is 3.04. The van der Waals surface area contributed by atoms with E-state index in [0.29, 0.717) is 17.9 Å². The van der Waals surface area contributed by atoms with Crippen LogP contribution in [0.25, 0.3) is 10.8 Å². The highest BCUT2D eigenvalue weighted by Crippen LogP contribution is 2.32. The van der Waals surface area contributed by atoms with Gasteiger partial charge in [-0.05, 0) is 28.5 Å². The third-order valence-electron chi connectivity index (χ3n) is 3.88. The van der Waals surface area contributed by atoms with E-state index in [0.717, 1.165) is 16.3 Å². The maximum Gasteiger partial charge on any atom is 0.342 e. The molecule has 0 amide bonds. The number of carbonyl (C=O) groups excluding carboxylic acids is 1. The average Bonchev–Trinajstić information content (AvgIpc) is 2.73. The summed E-state index contributed by atoms with van der Waals surface area (Å²) in [6.07, 6.45) is -0.385. The van der Waals surface area contributed by atoms with Gasteiger partial charge in [-0.3, -0.25) is 0 Å². The molecule has 4 rings (SSSR count). The number of carbonyl (C=O) groups is 1. The van der Waals surface area contributed by atoms with E-state index in [4.69, 9.17) is 9.47 Å². The summed E-state index contributed by atoms with van der Waals surface area (Å²) in [6, 6.07) is 21.3. The van der Waals surface area contributed by atoms with Crippen molar-refractivity contribution in [3.8, 4) is 5.75 Å². The summed E-state index contributed by atoms with van der Waals surface area (Å²) in [4.78, 5) is 12.4. The molecule has 0 bridgehead atoms. The highest BCUT2D eigenvalue weighted by atomic mass is 16.6. The first kappa shape index (κ1) is 12.9. The average molecular weight is 290 g/mol. The van der Waals surface area contributed by atoms with E-state index >= 15 is 0 Å². The van der Waals surface area contributed by atoms with Crippen molar-refractivity contribution in [2.75, 3.05) is 6.61 Å². The van der Waals surface area contributed by atoms with Gasteiger partial charge in [0.2, 0.25) is 0 Å². The molecule has 1 heterocycles. The zero-order valence-corrected chi connectivity index (χ0v) is 11.9. The van der Waals surface area contributed by atoms with Crippen molar-refractivity contribution in [3.05, 3.63) is 77.9 Å². The minimum Gasteiger partial charge on any atom is -0.488 e. The van der Waals surface area contributed by atoms with E-state index in [-0.39, 0.29) is 12.1 Å². The van der Waals surface area contributed by atoms with E-state index in [9.17, 15) is 4.79 Å². The normalized spacial score (nSPS) is 17.3. The molecule has 108 valence electrons. The summed E-state index contributed by atoms with van der Waals surface area (Å²) in [5.41, 5.74) is 1.42. The van der Waals surface area contributed by atoms with Crippen LogP contribution in [-0.2, 0) is 4.74 Å². The molecule has 1 atom stereocenters. The van der Waals surface area contributed by atoms with Crippen LogP contribution in [0.15, 0.2) is 66.7 Å². The van der Waals surface area contributed by atoms with Gasteiger partial charge < -0.3 is 9.47 Å². The number of rotatable bonds is 1. The van der Waals surface area contributed by atoms with Crippen LogP contribution >= 0.6 is 0 Å². The quantitative estimate of drug-likeness (QED) is 0.632. The fourth-order valence-electron chi connectivity index (χ4n) is 2.72. The molecule has 3 nitrogen and oxygen atoms in total. The number of benzene rings is 3. The van der Waals surface area contributed by atoms with Crippen molar-refractivity contribution >= 4 is 16.7 Å². The predicted molar refractivity (Wildman–Crippen MR) is 84.0 cm³/mol. The Morgan fingerprint density at radius 3 is 2.32 bits per heavy atom. The summed E-state index contributed by atoms with van der Waals surface area (Å²) in [5.74, 6) is 0.245. The molecule has 0 spiro atoms. The number of ether oxygens (including phenoxy) is 2. The van der Waals surface area contributed by atoms with Crippen LogP contribution in [0.1, 0.15) is 22.0 Å². The van der Waals surface area contributed by atoms with Crippen molar-refractivity contribution in [2.24, 2.45) is 0 Å². The maximum absolute atomic E-state index is 12.4. The van der Waals surface area contributed by atoms with Crippen LogP contribution in [0.5, 0.6) is 5.75 Å². The van der Waals surface area contributed by atoms with E-state index < -0.39 is 0 Å². The molecule has 1 aliphatic rings. The Balaban J connectivity index is 1.75. The van der Waals surface area contributed by atoms with Gasteiger partial charge in [-0.1, -0.05) is 54.6 Å². The largest absolute Gasteiger partial charge is 0.488 e. The van der Waals surface area contributed by atoms with Crippen LogP contribution in [-0.4, -0.2) is 12.6 Å². The summed E-state index contributed by atoms with van der Waals surface area (Å²) in [5, 5.41) is 2.05. The van der Waals surface area contributed by atoms with Gasteiger partial charge in [-0.15, -0.1) is 0 Å². The van der Waals surface area contributed by atoms with Crippen LogP contribution < -0.4 is 4.74 Å². The van der Waals surface area contributed by atoms with Gasteiger partial charge in [0.15, 0.2) is 6.10 Å². The first-order valence-corrected chi connectivity index (χ1v) is 7.23. The fraction of sp³-hybridized carbons (Fsp3) is 0.105. The lowest BCUT2D eigenvalue weighted by Gasteiger charge is -2.14. The molecule has 0 fully saturated rings. The minimum absolute atomic E-state index is 0.321. The molecule has 1 aliphatic heterocycles. The molecule has 1 unspecified atom stereocenters. The second-order valence-corrected chi connectivity index (χ2v) is 5.31. The number of esters is 1. The van der Waals surface area contributed by atoms with E-state index in [1.807, 2.05) is 66.7 Å². The Morgan fingerprint density at radius 2 is 1.55 bits per heavy atom. The molecule has 0 aliphatic carbocycles. The van der Waals surface area contributed by atoms with Gasteiger partial charge in [-0.2, -0.15) is 0 Å². The predicted octanol–water partition coefficient (Wildman–Crippen LogP) is 4.13. The summed E-state index contributed by atoms with van der Waals surface area (Å²) < 4.78 is 11.5. The topological polar surface area (TPSA) is 35.5 Å². The zero-order chi connectivity index (χ0) is 14.9. The molecule has 0 radical (unpaired) electrons. The number of fused-ring (bicyclic) bond motifs is 2. The van der Waals surface area contributed by atoms with Crippen molar-refractivity contribution < 1.29 is 14.3 Å². The Hall–Kier alpha value is -2.81. The molecule has 3 aromatic rings. The van der Waals surface area contributed by atoms with Crippen LogP contribution in [0.2, 0.25) is 0 Å². The molecular weight excluding hydrogens is 276 g/mol. The second-order valence-electron chi connectivity index (χ2n) is 5.31. The molecule has 22 heavy (non-hydrogen) atoms. The number of cyclic esters (lactones) is 1. The lowest BCUT2D eigenvalue weighted by molar-refractivity contribution is 0.0231. The minimum atomic E-state index is -0.385. The van der Waals surface area contributed by atoms with Crippen molar-refractivity contribution in [1.82, 2.24) is 0 Å². The maximum atomic E-state index is 12.4. The smallest absolute Gasteiger partial charge is 0.342 e. The SMILES string of the molecule is O=C1OC(c2ccccc2)COc2cc3ccccc3cc21. The van der Waals surface area contributed by atoms with Crippen molar-refractivity contribution in [1.29, 1.82) is 0 Å². The van der Waals surface area contributed by atoms with Gasteiger partial charge >= 0.3 is 5.97 Å². The summed E-state index contributed by atoms with van der Waals surface area (Å²) >= 11 is 0. The molecule has 0 saturated heterocycles. The van der Waals surface area contributed by atoms with E-state index in [1.54, 1.807) is 0 Å². The van der Waals surface area contributed by atoms with Crippen LogP contribution in [0.3, 0.4) is 0 Å². The van der Waals surface area contributed by atoms with Crippen molar-refractivity contribution in [2.45, 2.75) is 6.10 Å². The molecule has 3 heteroatoms. The highest BCUT2D eigenvalue weighted by Gasteiger charge is 2.26. The van der Waals surface area contributed by atoms with E-state index in [2.05, 4.69) is 0 Å². The molecular formula is C19H14O3. The molecule has 3 aromatic carbocycles. The van der Waals surface area contributed by atoms with Crippen molar-refractivity contribution in [3.63, 3.8) is 0 Å². The molecule has 0 saturated carbocycles. The Labute approximate surface area is 128 Å². The monoisotopic (exact) mass is 290 g/mol. The Bertz CT molecular complexity index is 840. The van der Waals surface area contributed by atoms with Gasteiger partial charge in [0, 0.05) is 0 Å². The van der Waals surface area contributed by atoms with Gasteiger partial charge in [0.05, 0.1) is 0 Å². The molecule has 0 N–H and O–H groups in total. The fourth-order valence-corrected chi connectivity index (χ4v) is 2.72. The third-order valence-corrected chi connectivity index (χ3v) is 3.88. The zero-order valence-electron chi connectivity index (χ0n) is 11.9. The summed E-state index contributed by atoms with van der Waals surface area (Å²) in [6.45, 7) is 0.321. The Morgan fingerprint density at radius 1 is 0.864 bits per heavy atom. The lowest BCUT2D eigenvalue weighted by Crippen LogP contribution is -2.13. The highest BCUT2D eigenvalue weighted by molar-refractivity contribution is 5.99. The summed E-state index contributed by atoms with van der Waals surface area (Å²) in [7, 11) is 0. The number of hydrogen-bond donors (Lipinski definition) is 0. The van der Waals surface area contributed by atoms with Crippen LogP contribution in [0.4, 0.5) is 0 Å². The molecule has 0 aromatic heterocycles. The van der Waals surface area contributed by atoms with Gasteiger partial charge in [0.1, 0.15) is 17.9 Å². The van der Waals surface area contributed by atoms with Gasteiger partial charge in [0.25, 0.3) is 0 Å². The van der Waals surface area contributed by atoms with E-state index in [1.165, 1.54) is 0 Å². The second kappa shape index (κ2) is 5.19. The van der Waals surface area contributed by atoms with Crippen LogP contribution in [0, 0.1) is 0 Å². The third kappa shape index (κ3) is 2.21. The standard InChI is InChI=1S/C19H14O3/c20-19-16-10-14-8-4-5-9-15(14)11-17(16)21-12-18(22-19)13-6-2-1-3-7-13/h1-11,18H,12H2. The number of hydrogen-bond acceptors (Lipinski definition) is 3.